The van der Waals surface area contributed by atoms with Gasteiger partial charge in [-0.2, -0.15) is 0 Å². The lowest BCUT2D eigenvalue weighted by Gasteiger charge is -2.07. The van der Waals surface area contributed by atoms with Gasteiger partial charge >= 0.3 is 0 Å². The van der Waals surface area contributed by atoms with Crippen molar-refractivity contribution in [3.05, 3.63) is 0 Å². The molecule has 1 rings (SSSR count). The molecule has 1 amide bonds. The van der Waals surface area contributed by atoms with Crippen LogP contribution in [0, 0.1) is 0 Å². The summed E-state index contributed by atoms with van der Waals surface area (Å²) < 4.78 is 0. The van der Waals surface area contributed by atoms with E-state index in [2.05, 4.69) is 10.3 Å². The van der Waals surface area contributed by atoms with Crippen molar-refractivity contribution in [3.8, 4) is 0 Å². The Hall–Kier alpha value is -0.900. The molecule has 0 aromatic carbocycles. The molecular formula is C8H15N3O. The molecule has 0 aromatic heterocycles. The molecule has 0 aliphatic carbocycles. The summed E-state index contributed by atoms with van der Waals surface area (Å²) in [5.74, 6) is 0.825. The van der Waals surface area contributed by atoms with E-state index in [-0.39, 0.29) is 11.9 Å². The fourth-order valence-corrected chi connectivity index (χ4v) is 1.16. The minimum absolute atomic E-state index is 0.0364. The van der Waals surface area contributed by atoms with Crippen molar-refractivity contribution < 1.29 is 4.79 Å². The number of nitrogens with one attached hydrogen (secondary N) is 1. The second kappa shape index (κ2) is 3.67. The van der Waals surface area contributed by atoms with Crippen LogP contribution in [0.3, 0.4) is 0 Å². The van der Waals surface area contributed by atoms with E-state index in [9.17, 15) is 4.79 Å². The number of amidine groups is 1. The summed E-state index contributed by atoms with van der Waals surface area (Å²) >= 11 is 0. The van der Waals surface area contributed by atoms with Gasteiger partial charge in [0.15, 0.2) is 0 Å². The SMILES string of the molecule is CCC1N=C(CN(C)C)NC1=O. The van der Waals surface area contributed by atoms with Crippen molar-refractivity contribution in [1.82, 2.24) is 10.2 Å². The minimum Gasteiger partial charge on any atom is -0.312 e. The van der Waals surface area contributed by atoms with Crippen LogP contribution in [0.15, 0.2) is 4.99 Å². The normalized spacial score (nSPS) is 22.8. The Morgan fingerprint density at radius 2 is 2.25 bits per heavy atom. The summed E-state index contributed by atoms with van der Waals surface area (Å²) in [7, 11) is 3.90. The summed E-state index contributed by atoms with van der Waals surface area (Å²) in [5.41, 5.74) is 0. The third kappa shape index (κ3) is 2.04. The molecule has 1 N–H and O–H groups in total. The first-order chi connectivity index (χ1) is 5.63. The van der Waals surface area contributed by atoms with Crippen molar-refractivity contribution in [2.24, 2.45) is 4.99 Å². The zero-order valence-electron chi connectivity index (χ0n) is 7.79. The molecule has 0 spiro atoms. The molecule has 0 radical (unpaired) electrons. The first-order valence-corrected chi connectivity index (χ1v) is 4.15. The fraction of sp³-hybridized carbons (Fsp3) is 0.750. The van der Waals surface area contributed by atoms with Gasteiger partial charge in [-0.05, 0) is 20.5 Å². The van der Waals surface area contributed by atoms with E-state index in [1.165, 1.54) is 0 Å². The van der Waals surface area contributed by atoms with Crippen LogP contribution in [-0.4, -0.2) is 43.3 Å². The Morgan fingerprint density at radius 3 is 2.67 bits per heavy atom. The van der Waals surface area contributed by atoms with E-state index in [0.29, 0.717) is 6.54 Å². The van der Waals surface area contributed by atoms with Gasteiger partial charge in [0, 0.05) is 0 Å². The predicted octanol–water partition coefficient (Wildman–Crippen LogP) is -0.145. The Kier molecular flexibility index (Phi) is 2.81. The molecule has 1 atom stereocenters. The molecule has 1 unspecified atom stereocenters. The van der Waals surface area contributed by atoms with Crippen molar-refractivity contribution in [2.45, 2.75) is 19.4 Å². The fourth-order valence-electron chi connectivity index (χ4n) is 1.16. The number of hydrogen-bond donors (Lipinski definition) is 1. The van der Waals surface area contributed by atoms with Gasteiger partial charge in [0.25, 0.3) is 0 Å². The molecule has 12 heavy (non-hydrogen) atoms. The maximum absolute atomic E-state index is 11.2. The van der Waals surface area contributed by atoms with Crippen LogP contribution in [0.5, 0.6) is 0 Å². The van der Waals surface area contributed by atoms with Gasteiger partial charge in [-0.1, -0.05) is 6.92 Å². The van der Waals surface area contributed by atoms with Crippen LogP contribution in [0.4, 0.5) is 0 Å². The van der Waals surface area contributed by atoms with Gasteiger partial charge in [-0.3, -0.25) is 9.79 Å². The second-order valence-electron chi connectivity index (χ2n) is 3.23. The van der Waals surface area contributed by atoms with Gasteiger partial charge in [0.2, 0.25) is 5.91 Å². The summed E-state index contributed by atoms with van der Waals surface area (Å²) in [6, 6.07) is -0.153. The Morgan fingerprint density at radius 1 is 1.58 bits per heavy atom. The zero-order chi connectivity index (χ0) is 9.14. The van der Waals surface area contributed by atoms with E-state index in [1.54, 1.807) is 0 Å². The lowest BCUT2D eigenvalue weighted by Crippen LogP contribution is -2.34. The smallest absolute Gasteiger partial charge is 0.250 e. The molecule has 0 bridgehead atoms. The maximum Gasteiger partial charge on any atom is 0.250 e. The number of carbonyl (C=O) groups is 1. The Balaban J connectivity index is 2.53. The van der Waals surface area contributed by atoms with Gasteiger partial charge < -0.3 is 10.2 Å². The highest BCUT2D eigenvalue weighted by atomic mass is 16.2. The lowest BCUT2D eigenvalue weighted by atomic mass is 10.2. The van der Waals surface area contributed by atoms with Crippen molar-refractivity contribution in [1.29, 1.82) is 0 Å². The standard InChI is InChI=1S/C8H15N3O/c1-4-6-8(12)10-7(9-6)5-11(2)3/h6H,4-5H2,1-3H3,(H,9,10,12). The van der Waals surface area contributed by atoms with Crippen LogP contribution >= 0.6 is 0 Å². The molecule has 0 fully saturated rings. The van der Waals surface area contributed by atoms with E-state index >= 15 is 0 Å². The van der Waals surface area contributed by atoms with Crippen LogP contribution in [0.2, 0.25) is 0 Å². The molecule has 0 saturated carbocycles. The molecule has 1 aliphatic heterocycles. The molecule has 4 nitrogen and oxygen atoms in total. The largest absolute Gasteiger partial charge is 0.312 e. The van der Waals surface area contributed by atoms with Crippen molar-refractivity contribution in [3.63, 3.8) is 0 Å². The highest BCUT2D eigenvalue weighted by Crippen LogP contribution is 2.04. The zero-order valence-corrected chi connectivity index (χ0v) is 7.79. The predicted molar refractivity (Wildman–Crippen MR) is 48.2 cm³/mol. The monoisotopic (exact) mass is 169 g/mol. The minimum atomic E-state index is -0.153. The van der Waals surface area contributed by atoms with Crippen LogP contribution in [0.1, 0.15) is 13.3 Å². The van der Waals surface area contributed by atoms with Gasteiger partial charge in [-0.15, -0.1) is 0 Å². The second-order valence-corrected chi connectivity index (χ2v) is 3.23. The number of carbonyl (C=O) groups excluding carboxylic acids is 1. The van der Waals surface area contributed by atoms with Crippen LogP contribution < -0.4 is 5.32 Å². The third-order valence-electron chi connectivity index (χ3n) is 1.73. The van der Waals surface area contributed by atoms with Crippen LogP contribution in [0.25, 0.3) is 0 Å². The van der Waals surface area contributed by atoms with Gasteiger partial charge in [-0.25, -0.2) is 0 Å². The Bertz CT molecular complexity index is 210. The highest BCUT2D eigenvalue weighted by Gasteiger charge is 2.23. The first kappa shape index (κ1) is 9.19. The van der Waals surface area contributed by atoms with Gasteiger partial charge in [0.05, 0.1) is 6.54 Å². The molecule has 68 valence electrons. The summed E-state index contributed by atoms with van der Waals surface area (Å²) in [6.45, 7) is 2.68. The number of likely N-dealkylation sites (N-methyl/N-ethyl adjacent to an activating group) is 1. The van der Waals surface area contributed by atoms with Crippen molar-refractivity contribution in [2.75, 3.05) is 20.6 Å². The van der Waals surface area contributed by atoms with Crippen LogP contribution in [-0.2, 0) is 4.79 Å². The first-order valence-electron chi connectivity index (χ1n) is 4.15. The third-order valence-corrected chi connectivity index (χ3v) is 1.73. The number of rotatable bonds is 3. The molecular weight excluding hydrogens is 154 g/mol. The molecule has 1 heterocycles. The average molecular weight is 169 g/mol. The number of nitrogens with zero attached hydrogens (tertiary/aromatic N) is 2. The number of amides is 1. The summed E-state index contributed by atoms with van der Waals surface area (Å²) in [5, 5.41) is 2.76. The van der Waals surface area contributed by atoms with E-state index in [4.69, 9.17) is 0 Å². The maximum atomic E-state index is 11.2. The van der Waals surface area contributed by atoms with E-state index in [0.717, 1.165) is 12.3 Å². The average Bonchev–Trinajstić information content (AvgIpc) is 2.29. The van der Waals surface area contributed by atoms with Gasteiger partial charge in [0.1, 0.15) is 11.9 Å². The number of hydrogen-bond acceptors (Lipinski definition) is 3. The highest BCUT2D eigenvalue weighted by molar-refractivity contribution is 6.06. The van der Waals surface area contributed by atoms with Crippen molar-refractivity contribution >= 4 is 11.7 Å². The lowest BCUT2D eigenvalue weighted by molar-refractivity contribution is -0.120. The molecule has 0 aromatic rings. The molecule has 4 heteroatoms. The van der Waals surface area contributed by atoms with E-state index < -0.39 is 0 Å². The Labute approximate surface area is 72.7 Å². The summed E-state index contributed by atoms with van der Waals surface area (Å²) in [6.07, 6.45) is 0.781. The van der Waals surface area contributed by atoms with E-state index in [1.807, 2.05) is 25.9 Å². The number of aliphatic imine (C=N–C) groups is 1. The quantitative estimate of drug-likeness (QED) is 0.639. The topological polar surface area (TPSA) is 44.7 Å². The summed E-state index contributed by atoms with van der Waals surface area (Å²) in [4.78, 5) is 17.4. The molecule has 1 aliphatic rings. The molecule has 0 saturated heterocycles.